The van der Waals surface area contributed by atoms with Crippen LogP contribution in [0.4, 0.5) is 4.79 Å². The topological polar surface area (TPSA) is 89.9 Å². The van der Waals surface area contributed by atoms with Gasteiger partial charge in [-0.1, -0.05) is 32.1 Å². The summed E-state index contributed by atoms with van der Waals surface area (Å²) in [5, 5.41) is 20.3. The Labute approximate surface area is 126 Å². The highest BCUT2D eigenvalue weighted by atomic mass is 16.4. The van der Waals surface area contributed by atoms with Gasteiger partial charge < -0.3 is 20.4 Å². The summed E-state index contributed by atoms with van der Waals surface area (Å²) in [6, 6.07) is -1.25. The first-order valence-electron chi connectivity index (χ1n) is 7.93. The molecule has 122 valence electrons. The number of rotatable bonds is 8. The Balaban J connectivity index is 2.44. The molecule has 1 saturated carbocycles. The SMILES string of the molecule is C[C@H](NC(=O)N(CCCO)CCC1CCCCC1)C(=O)O. The molecule has 2 amide bonds. The first-order valence-corrected chi connectivity index (χ1v) is 7.93. The Morgan fingerprint density at radius 3 is 2.48 bits per heavy atom. The minimum absolute atomic E-state index is 0.0295. The number of nitrogens with one attached hydrogen (secondary N) is 1. The lowest BCUT2D eigenvalue weighted by Gasteiger charge is -2.28. The molecule has 0 heterocycles. The molecule has 0 aromatic carbocycles. The summed E-state index contributed by atoms with van der Waals surface area (Å²) in [6.45, 7) is 2.57. The van der Waals surface area contributed by atoms with Gasteiger partial charge in [-0.2, -0.15) is 0 Å². The van der Waals surface area contributed by atoms with Crippen molar-refractivity contribution in [3.8, 4) is 0 Å². The standard InChI is InChI=1S/C15H28N2O4/c1-12(14(19)20)16-15(21)17(9-5-11-18)10-8-13-6-3-2-4-7-13/h12-13,18H,2-11H2,1H3,(H,16,21)(H,19,20)/t12-/m0/s1. The molecule has 6 nitrogen and oxygen atoms in total. The zero-order valence-corrected chi connectivity index (χ0v) is 12.9. The summed E-state index contributed by atoms with van der Waals surface area (Å²) in [4.78, 5) is 24.5. The molecule has 0 unspecified atom stereocenters. The molecule has 0 aromatic rings. The van der Waals surface area contributed by atoms with E-state index in [1.165, 1.54) is 39.0 Å². The first kappa shape index (κ1) is 17.8. The molecule has 0 spiro atoms. The quantitative estimate of drug-likeness (QED) is 0.638. The van der Waals surface area contributed by atoms with Crippen LogP contribution in [0, 0.1) is 5.92 Å². The molecule has 1 fully saturated rings. The van der Waals surface area contributed by atoms with Gasteiger partial charge in [-0.15, -0.1) is 0 Å². The average Bonchev–Trinajstić information content (AvgIpc) is 2.48. The second kappa shape index (κ2) is 9.60. The number of aliphatic carboxylic acids is 1. The lowest BCUT2D eigenvalue weighted by atomic mass is 9.87. The molecule has 21 heavy (non-hydrogen) atoms. The van der Waals surface area contributed by atoms with Crippen molar-refractivity contribution < 1.29 is 19.8 Å². The number of aliphatic hydroxyl groups is 1. The summed E-state index contributed by atoms with van der Waals surface area (Å²) in [5.74, 6) is -0.377. The van der Waals surface area contributed by atoms with E-state index in [9.17, 15) is 9.59 Å². The molecule has 3 N–H and O–H groups in total. The number of carboxylic acids is 1. The Morgan fingerprint density at radius 1 is 1.24 bits per heavy atom. The average molecular weight is 300 g/mol. The van der Waals surface area contributed by atoms with Crippen molar-refractivity contribution in [1.82, 2.24) is 10.2 Å². The van der Waals surface area contributed by atoms with Crippen LogP contribution in [0.5, 0.6) is 0 Å². The molecule has 0 bridgehead atoms. The molecule has 0 aliphatic heterocycles. The van der Waals surface area contributed by atoms with Gasteiger partial charge in [-0.25, -0.2) is 4.79 Å². The largest absolute Gasteiger partial charge is 0.480 e. The maximum absolute atomic E-state index is 12.1. The normalized spacial score (nSPS) is 17.2. The molecule has 0 saturated heterocycles. The maximum atomic E-state index is 12.1. The van der Waals surface area contributed by atoms with Crippen molar-refractivity contribution in [3.05, 3.63) is 0 Å². The predicted molar refractivity (Wildman–Crippen MR) is 80.1 cm³/mol. The number of hydrogen-bond donors (Lipinski definition) is 3. The fourth-order valence-corrected chi connectivity index (χ4v) is 2.73. The van der Waals surface area contributed by atoms with Crippen LogP contribution in [0.15, 0.2) is 0 Å². The van der Waals surface area contributed by atoms with E-state index < -0.39 is 12.0 Å². The number of amides is 2. The molecule has 1 aliphatic rings. The van der Waals surface area contributed by atoms with E-state index in [0.29, 0.717) is 25.4 Å². The van der Waals surface area contributed by atoms with Crippen LogP contribution in [0.25, 0.3) is 0 Å². The van der Waals surface area contributed by atoms with Gasteiger partial charge in [-0.3, -0.25) is 4.79 Å². The fourth-order valence-electron chi connectivity index (χ4n) is 2.73. The van der Waals surface area contributed by atoms with Crippen LogP contribution in [0.1, 0.15) is 51.9 Å². The van der Waals surface area contributed by atoms with Crippen LogP contribution in [-0.4, -0.2) is 52.9 Å². The van der Waals surface area contributed by atoms with Gasteiger partial charge in [-0.05, 0) is 25.7 Å². The Kier molecular flexibility index (Phi) is 8.12. The summed E-state index contributed by atoms with van der Waals surface area (Å²) < 4.78 is 0. The van der Waals surface area contributed by atoms with Gasteiger partial charge in [0, 0.05) is 19.7 Å². The van der Waals surface area contributed by atoms with Crippen molar-refractivity contribution >= 4 is 12.0 Å². The molecular weight excluding hydrogens is 272 g/mol. The van der Waals surface area contributed by atoms with Gasteiger partial charge in [0.25, 0.3) is 0 Å². The molecule has 0 radical (unpaired) electrons. The number of nitrogens with zero attached hydrogens (tertiary/aromatic N) is 1. The third-order valence-electron chi connectivity index (χ3n) is 4.12. The first-order chi connectivity index (χ1) is 10.0. The minimum atomic E-state index is -1.04. The number of aliphatic hydroxyl groups excluding tert-OH is 1. The second-order valence-corrected chi connectivity index (χ2v) is 5.87. The number of hydrogen-bond acceptors (Lipinski definition) is 3. The lowest BCUT2D eigenvalue weighted by Crippen LogP contribution is -2.47. The molecule has 1 atom stereocenters. The summed E-state index contributed by atoms with van der Waals surface area (Å²) in [6.07, 6.45) is 7.76. The van der Waals surface area contributed by atoms with Gasteiger partial charge in [0.15, 0.2) is 0 Å². The summed E-state index contributed by atoms with van der Waals surface area (Å²) in [5.41, 5.74) is 0. The van der Waals surface area contributed by atoms with E-state index >= 15 is 0 Å². The van der Waals surface area contributed by atoms with Gasteiger partial charge >= 0.3 is 12.0 Å². The molecule has 1 rings (SSSR count). The van der Waals surface area contributed by atoms with E-state index in [1.807, 2.05) is 0 Å². The monoisotopic (exact) mass is 300 g/mol. The van der Waals surface area contributed by atoms with Crippen LogP contribution >= 0.6 is 0 Å². The Bertz CT molecular complexity index is 330. The fraction of sp³-hybridized carbons (Fsp3) is 0.867. The van der Waals surface area contributed by atoms with E-state index in [0.717, 1.165) is 6.42 Å². The van der Waals surface area contributed by atoms with Crippen LogP contribution in [-0.2, 0) is 4.79 Å². The highest BCUT2D eigenvalue weighted by molar-refractivity contribution is 5.82. The van der Waals surface area contributed by atoms with Gasteiger partial charge in [0.2, 0.25) is 0 Å². The number of carbonyl (C=O) groups is 2. The zero-order valence-electron chi connectivity index (χ0n) is 12.9. The van der Waals surface area contributed by atoms with Crippen molar-refractivity contribution in [3.63, 3.8) is 0 Å². The van der Waals surface area contributed by atoms with E-state index in [-0.39, 0.29) is 12.6 Å². The Hall–Kier alpha value is -1.30. The number of urea groups is 1. The highest BCUT2D eigenvalue weighted by Gasteiger charge is 2.21. The molecule has 0 aromatic heterocycles. The van der Waals surface area contributed by atoms with Crippen molar-refractivity contribution in [1.29, 1.82) is 0 Å². The van der Waals surface area contributed by atoms with Crippen LogP contribution < -0.4 is 5.32 Å². The highest BCUT2D eigenvalue weighted by Crippen LogP contribution is 2.26. The predicted octanol–water partition coefficient (Wildman–Crippen LogP) is 1.82. The third-order valence-corrected chi connectivity index (χ3v) is 4.12. The van der Waals surface area contributed by atoms with Gasteiger partial charge in [0.1, 0.15) is 6.04 Å². The lowest BCUT2D eigenvalue weighted by molar-refractivity contribution is -0.138. The third kappa shape index (κ3) is 6.80. The minimum Gasteiger partial charge on any atom is -0.480 e. The van der Waals surface area contributed by atoms with Crippen molar-refractivity contribution in [2.45, 2.75) is 57.9 Å². The van der Waals surface area contributed by atoms with Crippen LogP contribution in [0.3, 0.4) is 0 Å². The smallest absolute Gasteiger partial charge is 0.325 e. The zero-order chi connectivity index (χ0) is 15.7. The van der Waals surface area contributed by atoms with Gasteiger partial charge in [0.05, 0.1) is 0 Å². The molecule has 6 heteroatoms. The van der Waals surface area contributed by atoms with E-state index in [2.05, 4.69) is 5.32 Å². The van der Waals surface area contributed by atoms with E-state index in [1.54, 1.807) is 4.90 Å². The van der Waals surface area contributed by atoms with E-state index in [4.69, 9.17) is 10.2 Å². The second-order valence-electron chi connectivity index (χ2n) is 5.87. The Morgan fingerprint density at radius 2 is 1.90 bits per heavy atom. The molecule has 1 aliphatic carbocycles. The summed E-state index contributed by atoms with van der Waals surface area (Å²) in [7, 11) is 0. The van der Waals surface area contributed by atoms with Crippen molar-refractivity contribution in [2.75, 3.05) is 19.7 Å². The number of carboxylic acid groups (broad SMARTS) is 1. The van der Waals surface area contributed by atoms with Crippen LogP contribution in [0.2, 0.25) is 0 Å². The summed E-state index contributed by atoms with van der Waals surface area (Å²) >= 11 is 0. The number of carbonyl (C=O) groups excluding carboxylic acids is 1. The van der Waals surface area contributed by atoms with Crippen molar-refractivity contribution in [2.24, 2.45) is 5.92 Å². The maximum Gasteiger partial charge on any atom is 0.325 e. The molecular formula is C15H28N2O4.